The molecule has 0 saturated heterocycles. The number of carbonyl (C=O) groups excluding carboxylic acids is 2. The molecular weight excluding hydrogens is 596 g/mol. The number of benzene rings is 1. The lowest BCUT2D eigenvalue weighted by Crippen LogP contribution is -2.41. The molecule has 0 spiro atoms. The maximum Gasteiger partial charge on any atom is 0.419 e. The molecule has 250 valence electrons. The minimum absolute atomic E-state index is 0.182. The molecule has 5 rings (SSSR count). The van der Waals surface area contributed by atoms with E-state index in [1.165, 1.54) is 0 Å². The van der Waals surface area contributed by atoms with Gasteiger partial charge in [-0.25, -0.2) is 14.2 Å². The van der Waals surface area contributed by atoms with Gasteiger partial charge in [-0.3, -0.25) is 9.78 Å². The first-order valence-corrected chi connectivity index (χ1v) is 16.3. The van der Waals surface area contributed by atoms with E-state index in [0.717, 1.165) is 35.6 Å². The van der Waals surface area contributed by atoms with E-state index in [2.05, 4.69) is 11.6 Å². The van der Waals surface area contributed by atoms with Gasteiger partial charge in [-0.05, 0) is 91.0 Å². The monoisotopic (exact) mass is 642 g/mol. The fraction of sp³-hybridized carbons (Fsp3) is 0.459. The first-order valence-electron chi connectivity index (χ1n) is 16.3. The van der Waals surface area contributed by atoms with Crippen molar-refractivity contribution in [2.75, 3.05) is 13.2 Å². The maximum absolute atomic E-state index is 13.8. The van der Waals surface area contributed by atoms with Crippen molar-refractivity contribution in [2.45, 2.75) is 92.0 Å². The van der Waals surface area contributed by atoms with E-state index in [0.29, 0.717) is 47.0 Å². The quantitative estimate of drug-likeness (QED) is 0.172. The number of ether oxygens (including phenoxy) is 3. The lowest BCUT2D eigenvalue weighted by atomic mass is 9.85. The largest absolute Gasteiger partial charge is 0.494 e. The van der Waals surface area contributed by atoms with Gasteiger partial charge in [0.2, 0.25) is 0 Å². The molecule has 0 bridgehead atoms. The van der Waals surface area contributed by atoms with Gasteiger partial charge in [0, 0.05) is 47.2 Å². The number of amides is 1. The molecule has 10 nitrogen and oxygen atoms in total. The highest BCUT2D eigenvalue weighted by Gasteiger charge is 2.30. The molecule has 10 heteroatoms. The smallest absolute Gasteiger partial charge is 0.419 e. The zero-order valence-electron chi connectivity index (χ0n) is 28.6. The fourth-order valence-corrected chi connectivity index (χ4v) is 5.76. The van der Waals surface area contributed by atoms with Crippen molar-refractivity contribution in [3.05, 3.63) is 82.7 Å². The number of pyridine rings is 2. The predicted molar refractivity (Wildman–Crippen MR) is 183 cm³/mol. The van der Waals surface area contributed by atoms with Gasteiger partial charge < -0.3 is 23.7 Å². The van der Waals surface area contributed by atoms with E-state index in [9.17, 15) is 14.4 Å². The Kier molecular flexibility index (Phi) is 9.52. The third-order valence-corrected chi connectivity index (χ3v) is 8.10. The second-order valence-corrected chi connectivity index (χ2v) is 14.3. The number of hydrogen-bond acceptors (Lipinski definition) is 7. The van der Waals surface area contributed by atoms with E-state index in [4.69, 9.17) is 14.2 Å². The summed E-state index contributed by atoms with van der Waals surface area (Å²) >= 11 is 0. The second-order valence-electron chi connectivity index (χ2n) is 14.3. The van der Waals surface area contributed by atoms with E-state index in [-0.39, 0.29) is 18.6 Å². The molecule has 3 aromatic heterocycles. The Hall–Kier alpha value is -4.60. The minimum Gasteiger partial charge on any atom is -0.494 e. The van der Waals surface area contributed by atoms with Crippen LogP contribution >= 0.6 is 0 Å². The predicted octanol–water partition coefficient (Wildman–Crippen LogP) is 7.73. The number of nitrogens with zero attached hydrogens (tertiary/aromatic N) is 4. The summed E-state index contributed by atoms with van der Waals surface area (Å²) < 4.78 is 20.4. The van der Waals surface area contributed by atoms with Crippen LogP contribution in [-0.4, -0.2) is 55.6 Å². The Balaban J connectivity index is 1.53. The summed E-state index contributed by atoms with van der Waals surface area (Å²) in [5.41, 5.74) is 1.15. The van der Waals surface area contributed by atoms with Crippen LogP contribution in [0.25, 0.3) is 27.4 Å². The normalized spacial score (nSPS) is 13.8. The first-order chi connectivity index (χ1) is 22.1. The van der Waals surface area contributed by atoms with Crippen LogP contribution in [0.2, 0.25) is 0 Å². The lowest BCUT2D eigenvalue weighted by Gasteiger charge is -2.33. The summed E-state index contributed by atoms with van der Waals surface area (Å²) in [5, 5.41) is 1.99. The van der Waals surface area contributed by atoms with Crippen LogP contribution in [-0.2, 0) is 27.3 Å². The molecule has 47 heavy (non-hydrogen) atoms. The number of fused-ring (bicyclic) bond motifs is 2. The van der Waals surface area contributed by atoms with E-state index in [1.807, 2.05) is 78.8 Å². The van der Waals surface area contributed by atoms with Crippen LogP contribution in [0.3, 0.4) is 0 Å². The van der Waals surface area contributed by atoms with Gasteiger partial charge in [0.1, 0.15) is 17.0 Å². The average molecular weight is 643 g/mol. The maximum atomic E-state index is 13.8. The van der Waals surface area contributed by atoms with Crippen LogP contribution in [0.5, 0.6) is 0 Å². The Labute approximate surface area is 275 Å². The Bertz CT molecular complexity index is 1870. The summed E-state index contributed by atoms with van der Waals surface area (Å²) in [5.74, 6) is 0.863. The average Bonchev–Trinajstić information content (AvgIpc) is 3.31. The Morgan fingerprint density at radius 3 is 2.36 bits per heavy atom. The van der Waals surface area contributed by atoms with Gasteiger partial charge in [-0.2, -0.15) is 0 Å². The molecule has 1 aliphatic carbocycles. The lowest BCUT2D eigenvalue weighted by molar-refractivity contribution is 0.0163. The molecule has 0 unspecified atom stereocenters. The topological polar surface area (TPSA) is 105 Å². The zero-order chi connectivity index (χ0) is 34.1. The number of rotatable bonds is 9. The van der Waals surface area contributed by atoms with Gasteiger partial charge in [0.25, 0.3) is 5.56 Å². The van der Waals surface area contributed by atoms with E-state index >= 15 is 0 Å². The summed E-state index contributed by atoms with van der Waals surface area (Å²) in [6, 6.07) is 9.55. The standard InChI is InChI=1S/C37H46N4O6/c1-9-45-24(2)30-19-38-20-31-29(30)15-16-39(33(31)42)22-26-13-14-27-18-28(41(32(27)17-26)35(44)47-37(6,7)8)23-40(21-25-11-10-12-25)34(43)46-36(3,4)5/h13-20,25H,2,9-12,21-23H2,1,3-8H3. The molecule has 3 heterocycles. The molecular formula is C37H46N4O6. The summed E-state index contributed by atoms with van der Waals surface area (Å²) in [7, 11) is 0. The van der Waals surface area contributed by atoms with Crippen LogP contribution in [0, 0.1) is 5.92 Å². The highest BCUT2D eigenvalue weighted by Crippen LogP contribution is 2.30. The van der Waals surface area contributed by atoms with Crippen molar-refractivity contribution in [2.24, 2.45) is 5.92 Å². The number of hydrogen-bond donors (Lipinski definition) is 0. The third kappa shape index (κ3) is 7.86. The highest BCUT2D eigenvalue weighted by atomic mass is 16.6. The van der Waals surface area contributed by atoms with Gasteiger partial charge >= 0.3 is 12.2 Å². The van der Waals surface area contributed by atoms with Crippen LogP contribution in [0.15, 0.2) is 60.3 Å². The number of aromatic nitrogens is 3. The van der Waals surface area contributed by atoms with Crippen molar-refractivity contribution in [3.63, 3.8) is 0 Å². The number of carbonyl (C=O) groups is 2. The van der Waals surface area contributed by atoms with Gasteiger partial charge in [-0.1, -0.05) is 25.1 Å². The summed E-state index contributed by atoms with van der Waals surface area (Å²) in [6.45, 7) is 18.3. The van der Waals surface area contributed by atoms with E-state index < -0.39 is 23.4 Å². The molecule has 4 aromatic rings. The van der Waals surface area contributed by atoms with Crippen molar-refractivity contribution >= 4 is 39.6 Å². The van der Waals surface area contributed by atoms with Gasteiger partial charge in [-0.15, -0.1) is 0 Å². The van der Waals surface area contributed by atoms with Crippen molar-refractivity contribution in [1.82, 2.24) is 19.0 Å². The summed E-state index contributed by atoms with van der Waals surface area (Å²) in [4.78, 5) is 46.7. The molecule has 0 aliphatic heterocycles. The SMILES string of the molecule is C=C(OCC)c1cncc2c(=O)n(Cc3ccc4cc(CN(CC5CCC5)C(=O)OC(C)(C)C)n(C(=O)OC(C)(C)C)c4c3)ccc12. The molecule has 0 atom stereocenters. The summed E-state index contributed by atoms with van der Waals surface area (Å²) in [6.07, 6.45) is 7.27. The zero-order valence-corrected chi connectivity index (χ0v) is 28.6. The van der Waals surface area contributed by atoms with Crippen LogP contribution in [0.1, 0.15) is 84.5 Å². The minimum atomic E-state index is -0.738. The van der Waals surface area contributed by atoms with Crippen molar-refractivity contribution in [1.29, 1.82) is 0 Å². The molecule has 0 radical (unpaired) electrons. The molecule has 1 amide bonds. The molecule has 1 saturated carbocycles. The van der Waals surface area contributed by atoms with Crippen LogP contribution < -0.4 is 5.56 Å². The first kappa shape index (κ1) is 33.8. The Morgan fingerprint density at radius 1 is 1.00 bits per heavy atom. The molecule has 1 fully saturated rings. The molecule has 1 aromatic carbocycles. The molecule has 1 aliphatic rings. The molecule has 0 N–H and O–H groups in total. The fourth-order valence-electron chi connectivity index (χ4n) is 5.76. The Morgan fingerprint density at radius 2 is 1.72 bits per heavy atom. The second kappa shape index (κ2) is 13.3. The highest BCUT2D eigenvalue weighted by molar-refractivity contribution is 5.92. The third-order valence-electron chi connectivity index (χ3n) is 8.10. The van der Waals surface area contributed by atoms with Gasteiger partial charge in [0.15, 0.2) is 0 Å². The van der Waals surface area contributed by atoms with Crippen molar-refractivity contribution < 1.29 is 23.8 Å². The van der Waals surface area contributed by atoms with Crippen LogP contribution in [0.4, 0.5) is 9.59 Å². The van der Waals surface area contributed by atoms with E-state index in [1.54, 1.807) is 32.6 Å². The van der Waals surface area contributed by atoms with Crippen molar-refractivity contribution in [3.8, 4) is 0 Å². The van der Waals surface area contributed by atoms with Gasteiger partial charge in [0.05, 0.1) is 30.6 Å².